The standard InChI is InChI=1S/C24H18N8/c25-13-18-7-4-8-20(11-18)29-23-26-16-27-24(31-23)30-21-9-10-22-19(12-21)14-28-32(22)15-17-5-2-1-3-6-17/h1-12,14,16H,15H2,(H2,26,27,29,30,31). The van der Waals surface area contributed by atoms with Crippen molar-refractivity contribution in [3.63, 3.8) is 0 Å². The minimum Gasteiger partial charge on any atom is -0.324 e. The van der Waals surface area contributed by atoms with E-state index in [9.17, 15) is 0 Å². The van der Waals surface area contributed by atoms with Crippen molar-refractivity contribution >= 4 is 34.2 Å². The van der Waals surface area contributed by atoms with E-state index >= 15 is 0 Å². The summed E-state index contributed by atoms with van der Waals surface area (Å²) in [6.45, 7) is 0.715. The molecule has 5 aromatic rings. The summed E-state index contributed by atoms with van der Waals surface area (Å²) in [6, 6.07) is 25.5. The predicted octanol–water partition coefficient (Wildman–Crippen LogP) is 4.63. The average Bonchev–Trinajstić information content (AvgIpc) is 3.22. The zero-order valence-electron chi connectivity index (χ0n) is 17.0. The molecule has 0 aliphatic rings. The van der Waals surface area contributed by atoms with Gasteiger partial charge in [-0.3, -0.25) is 4.68 Å². The van der Waals surface area contributed by atoms with E-state index in [1.54, 1.807) is 18.2 Å². The van der Waals surface area contributed by atoms with E-state index in [1.807, 2.05) is 53.3 Å². The van der Waals surface area contributed by atoms with Crippen LogP contribution in [-0.2, 0) is 6.54 Å². The Hall–Kier alpha value is -4.77. The molecule has 8 nitrogen and oxygen atoms in total. The third kappa shape index (κ3) is 4.22. The molecular formula is C24H18N8. The van der Waals surface area contributed by atoms with Crippen molar-refractivity contribution in [3.05, 3.63) is 96.4 Å². The van der Waals surface area contributed by atoms with Gasteiger partial charge in [-0.05, 0) is 42.0 Å². The van der Waals surface area contributed by atoms with Crippen LogP contribution < -0.4 is 10.6 Å². The third-order valence-corrected chi connectivity index (χ3v) is 4.89. The number of hydrogen-bond acceptors (Lipinski definition) is 7. The van der Waals surface area contributed by atoms with Crippen LogP contribution >= 0.6 is 0 Å². The van der Waals surface area contributed by atoms with E-state index in [4.69, 9.17) is 5.26 Å². The number of aromatic nitrogens is 5. The lowest BCUT2D eigenvalue weighted by Crippen LogP contribution is -2.03. The molecule has 0 saturated carbocycles. The molecule has 8 heteroatoms. The van der Waals surface area contributed by atoms with E-state index in [-0.39, 0.29) is 0 Å². The minimum atomic E-state index is 0.384. The molecule has 0 amide bonds. The zero-order chi connectivity index (χ0) is 21.8. The fraction of sp³-hybridized carbons (Fsp3) is 0.0417. The maximum absolute atomic E-state index is 9.05. The van der Waals surface area contributed by atoms with E-state index in [1.165, 1.54) is 11.9 Å². The van der Waals surface area contributed by atoms with Gasteiger partial charge in [0.2, 0.25) is 11.9 Å². The molecule has 32 heavy (non-hydrogen) atoms. The van der Waals surface area contributed by atoms with E-state index in [0.717, 1.165) is 22.3 Å². The molecule has 0 spiro atoms. The Balaban J connectivity index is 1.33. The molecule has 0 aliphatic carbocycles. The quantitative estimate of drug-likeness (QED) is 0.414. The van der Waals surface area contributed by atoms with Gasteiger partial charge in [-0.15, -0.1) is 0 Å². The summed E-state index contributed by atoms with van der Waals surface area (Å²) in [5.74, 6) is 0.796. The fourth-order valence-electron chi connectivity index (χ4n) is 3.39. The molecule has 0 unspecified atom stereocenters. The molecule has 5 rings (SSSR count). The number of hydrogen-bond donors (Lipinski definition) is 2. The summed E-state index contributed by atoms with van der Waals surface area (Å²) in [5, 5.41) is 20.9. The van der Waals surface area contributed by atoms with Crippen LogP contribution in [0.25, 0.3) is 10.9 Å². The van der Waals surface area contributed by atoms with Crippen LogP contribution in [0.3, 0.4) is 0 Å². The number of anilines is 4. The van der Waals surface area contributed by atoms with Crippen molar-refractivity contribution in [2.24, 2.45) is 0 Å². The first kappa shape index (κ1) is 19.2. The summed E-state index contributed by atoms with van der Waals surface area (Å²) >= 11 is 0. The second kappa shape index (κ2) is 8.53. The lowest BCUT2D eigenvalue weighted by Gasteiger charge is -2.08. The van der Waals surface area contributed by atoms with Crippen molar-refractivity contribution < 1.29 is 0 Å². The molecule has 0 fully saturated rings. The first-order valence-electron chi connectivity index (χ1n) is 9.99. The molecule has 3 aromatic carbocycles. The summed E-state index contributed by atoms with van der Waals surface area (Å²) in [4.78, 5) is 12.8. The van der Waals surface area contributed by atoms with Crippen molar-refractivity contribution in [1.29, 1.82) is 5.26 Å². The van der Waals surface area contributed by atoms with Crippen molar-refractivity contribution in [2.45, 2.75) is 6.54 Å². The summed E-state index contributed by atoms with van der Waals surface area (Å²) in [7, 11) is 0. The van der Waals surface area contributed by atoms with Crippen LogP contribution in [0.5, 0.6) is 0 Å². The highest BCUT2D eigenvalue weighted by Gasteiger charge is 2.07. The molecule has 2 aromatic heterocycles. The first-order valence-corrected chi connectivity index (χ1v) is 9.99. The minimum absolute atomic E-state index is 0.384. The maximum Gasteiger partial charge on any atom is 0.232 e. The van der Waals surface area contributed by atoms with E-state index in [2.05, 4.69) is 48.9 Å². The highest BCUT2D eigenvalue weighted by atomic mass is 15.3. The number of nitrogens with zero attached hydrogens (tertiary/aromatic N) is 6. The second-order valence-corrected chi connectivity index (χ2v) is 7.14. The van der Waals surface area contributed by atoms with Crippen molar-refractivity contribution in [3.8, 4) is 6.07 Å². The van der Waals surface area contributed by atoms with Gasteiger partial charge in [-0.2, -0.15) is 15.3 Å². The second-order valence-electron chi connectivity index (χ2n) is 7.14. The third-order valence-electron chi connectivity index (χ3n) is 4.89. The molecule has 2 N–H and O–H groups in total. The van der Waals surface area contributed by atoms with Crippen molar-refractivity contribution in [1.82, 2.24) is 24.7 Å². The van der Waals surface area contributed by atoms with Crippen LogP contribution in [0.2, 0.25) is 0 Å². The number of fused-ring (bicyclic) bond motifs is 1. The first-order chi connectivity index (χ1) is 15.8. The molecule has 154 valence electrons. The highest BCUT2D eigenvalue weighted by molar-refractivity contribution is 5.83. The molecule has 0 atom stereocenters. The van der Waals surface area contributed by atoms with E-state index in [0.29, 0.717) is 24.0 Å². The maximum atomic E-state index is 9.05. The number of nitriles is 1. The lowest BCUT2D eigenvalue weighted by atomic mass is 10.2. The van der Waals surface area contributed by atoms with Gasteiger partial charge < -0.3 is 10.6 Å². The summed E-state index contributed by atoms with van der Waals surface area (Å²) < 4.78 is 1.98. The Morgan fingerprint density at radius 3 is 2.41 bits per heavy atom. The number of rotatable bonds is 6. The van der Waals surface area contributed by atoms with Crippen molar-refractivity contribution in [2.75, 3.05) is 10.6 Å². The predicted molar refractivity (Wildman–Crippen MR) is 123 cm³/mol. The van der Waals surface area contributed by atoms with Gasteiger partial charge in [-0.1, -0.05) is 36.4 Å². The molecule has 2 heterocycles. The van der Waals surface area contributed by atoms with Crippen LogP contribution in [-0.4, -0.2) is 24.7 Å². The summed E-state index contributed by atoms with van der Waals surface area (Å²) in [6.07, 6.45) is 3.29. The smallest absolute Gasteiger partial charge is 0.232 e. The van der Waals surface area contributed by atoms with Gasteiger partial charge in [0.1, 0.15) is 6.33 Å². The van der Waals surface area contributed by atoms with Crippen LogP contribution in [0, 0.1) is 11.3 Å². The van der Waals surface area contributed by atoms with Crippen LogP contribution in [0.4, 0.5) is 23.3 Å². The van der Waals surface area contributed by atoms with Gasteiger partial charge in [0.25, 0.3) is 0 Å². The summed E-state index contributed by atoms with van der Waals surface area (Å²) in [5.41, 5.74) is 4.39. The largest absolute Gasteiger partial charge is 0.324 e. The monoisotopic (exact) mass is 418 g/mol. The molecular weight excluding hydrogens is 400 g/mol. The van der Waals surface area contributed by atoms with Gasteiger partial charge in [-0.25, -0.2) is 9.97 Å². The Labute approximate surface area is 184 Å². The van der Waals surface area contributed by atoms with Crippen LogP contribution in [0.1, 0.15) is 11.1 Å². The van der Waals surface area contributed by atoms with Gasteiger partial charge in [0, 0.05) is 16.8 Å². The Bertz CT molecular complexity index is 1420. The van der Waals surface area contributed by atoms with Gasteiger partial charge >= 0.3 is 0 Å². The number of benzene rings is 3. The highest BCUT2D eigenvalue weighted by Crippen LogP contribution is 2.22. The van der Waals surface area contributed by atoms with E-state index < -0.39 is 0 Å². The van der Waals surface area contributed by atoms with Gasteiger partial charge in [0.05, 0.1) is 29.9 Å². The SMILES string of the molecule is N#Cc1cccc(Nc2ncnc(Nc3ccc4c(cnn4Cc4ccccc4)c3)n2)c1. The fourth-order valence-corrected chi connectivity index (χ4v) is 3.39. The van der Waals surface area contributed by atoms with Crippen LogP contribution in [0.15, 0.2) is 85.3 Å². The normalized spacial score (nSPS) is 10.6. The number of nitrogens with one attached hydrogen (secondary N) is 2. The molecule has 0 aliphatic heterocycles. The Morgan fingerprint density at radius 1 is 0.844 bits per heavy atom. The zero-order valence-corrected chi connectivity index (χ0v) is 17.0. The van der Waals surface area contributed by atoms with Gasteiger partial charge in [0.15, 0.2) is 0 Å². The molecule has 0 radical (unpaired) electrons. The lowest BCUT2D eigenvalue weighted by molar-refractivity contribution is 0.712. The topological polar surface area (TPSA) is 104 Å². The molecule has 0 saturated heterocycles. The average molecular weight is 418 g/mol. The Morgan fingerprint density at radius 2 is 1.62 bits per heavy atom. The Kier molecular flexibility index (Phi) is 5.12. The molecule has 0 bridgehead atoms.